The van der Waals surface area contributed by atoms with E-state index >= 15 is 0 Å². The third kappa shape index (κ3) is 3.80. The second-order valence-corrected chi connectivity index (χ2v) is 4.22. The standard InChI is InChI=1S/C11H20N2O4/c1-4-8-5-9(12-10(14)16-2)7-13(6-8)11(15)17-3/h8-9H,4-7H2,1-3H3,(H,12,14). The molecule has 6 heteroatoms. The van der Waals surface area contributed by atoms with Gasteiger partial charge in [0.25, 0.3) is 0 Å². The van der Waals surface area contributed by atoms with Crippen molar-refractivity contribution < 1.29 is 19.1 Å². The second-order valence-electron chi connectivity index (χ2n) is 4.22. The number of methoxy groups -OCH3 is 2. The van der Waals surface area contributed by atoms with Crippen LogP contribution in [0.1, 0.15) is 19.8 Å². The largest absolute Gasteiger partial charge is 0.453 e. The second kappa shape index (κ2) is 6.32. The number of amides is 2. The van der Waals surface area contributed by atoms with Crippen LogP contribution in [0.3, 0.4) is 0 Å². The van der Waals surface area contributed by atoms with E-state index in [0.29, 0.717) is 19.0 Å². The maximum atomic E-state index is 11.5. The molecule has 0 spiro atoms. The molecule has 0 aromatic heterocycles. The van der Waals surface area contributed by atoms with Gasteiger partial charge in [0.05, 0.1) is 20.3 Å². The molecule has 1 heterocycles. The lowest BCUT2D eigenvalue weighted by atomic mass is 9.92. The number of hydrogen-bond donors (Lipinski definition) is 1. The van der Waals surface area contributed by atoms with Crippen LogP contribution < -0.4 is 5.32 Å². The Kier molecular flexibility index (Phi) is 5.06. The molecular formula is C11H20N2O4. The van der Waals surface area contributed by atoms with Gasteiger partial charge in [-0.15, -0.1) is 0 Å². The minimum absolute atomic E-state index is 0.0692. The molecule has 6 nitrogen and oxygen atoms in total. The molecule has 1 rings (SSSR count). The van der Waals surface area contributed by atoms with Crippen LogP contribution in [0.25, 0.3) is 0 Å². The predicted octanol–water partition coefficient (Wildman–Crippen LogP) is 1.21. The SMILES string of the molecule is CCC1CC(NC(=O)OC)CN(C(=O)OC)C1. The van der Waals surface area contributed by atoms with Crippen LogP contribution in [0.4, 0.5) is 9.59 Å². The van der Waals surface area contributed by atoms with Crippen molar-refractivity contribution in [2.75, 3.05) is 27.3 Å². The lowest BCUT2D eigenvalue weighted by Crippen LogP contribution is -2.52. The number of alkyl carbamates (subject to hydrolysis) is 1. The molecule has 2 unspecified atom stereocenters. The molecule has 1 aliphatic heterocycles. The molecule has 0 aliphatic carbocycles. The van der Waals surface area contributed by atoms with E-state index < -0.39 is 6.09 Å². The number of piperidine rings is 1. The van der Waals surface area contributed by atoms with Gasteiger partial charge in [0, 0.05) is 13.1 Å². The highest BCUT2D eigenvalue weighted by Gasteiger charge is 2.30. The zero-order valence-electron chi connectivity index (χ0n) is 10.6. The molecule has 0 aromatic rings. The van der Waals surface area contributed by atoms with Crippen molar-refractivity contribution in [2.45, 2.75) is 25.8 Å². The Morgan fingerprint density at radius 2 is 2.00 bits per heavy atom. The molecule has 17 heavy (non-hydrogen) atoms. The Morgan fingerprint density at radius 3 is 2.53 bits per heavy atom. The Bertz CT molecular complexity index is 283. The maximum Gasteiger partial charge on any atom is 0.409 e. The Labute approximate surface area is 101 Å². The van der Waals surface area contributed by atoms with Crippen LogP contribution in [0, 0.1) is 5.92 Å². The number of carbonyl (C=O) groups is 2. The van der Waals surface area contributed by atoms with Crippen molar-refractivity contribution in [2.24, 2.45) is 5.92 Å². The number of hydrogen-bond acceptors (Lipinski definition) is 4. The number of ether oxygens (including phenoxy) is 2. The van der Waals surface area contributed by atoms with E-state index in [0.717, 1.165) is 12.8 Å². The van der Waals surface area contributed by atoms with Gasteiger partial charge in [-0.1, -0.05) is 13.3 Å². The summed E-state index contributed by atoms with van der Waals surface area (Å²) in [4.78, 5) is 24.3. The number of carbonyl (C=O) groups excluding carboxylic acids is 2. The van der Waals surface area contributed by atoms with Crippen molar-refractivity contribution in [1.82, 2.24) is 10.2 Å². The minimum Gasteiger partial charge on any atom is -0.453 e. The summed E-state index contributed by atoms with van der Waals surface area (Å²) < 4.78 is 9.26. The summed E-state index contributed by atoms with van der Waals surface area (Å²) >= 11 is 0. The highest BCUT2D eigenvalue weighted by molar-refractivity contribution is 5.69. The third-order valence-corrected chi connectivity index (χ3v) is 3.05. The molecule has 1 aliphatic rings. The maximum absolute atomic E-state index is 11.5. The first-order valence-electron chi connectivity index (χ1n) is 5.78. The van der Waals surface area contributed by atoms with Gasteiger partial charge in [-0.25, -0.2) is 9.59 Å². The molecular weight excluding hydrogens is 224 g/mol. The Balaban J connectivity index is 2.59. The quantitative estimate of drug-likeness (QED) is 0.792. The minimum atomic E-state index is -0.462. The van der Waals surface area contributed by atoms with E-state index in [1.807, 2.05) is 0 Å². The number of nitrogens with one attached hydrogen (secondary N) is 1. The first-order chi connectivity index (χ1) is 8.10. The predicted molar refractivity (Wildman–Crippen MR) is 61.7 cm³/mol. The zero-order valence-corrected chi connectivity index (χ0v) is 10.6. The fourth-order valence-electron chi connectivity index (χ4n) is 2.11. The summed E-state index contributed by atoms with van der Waals surface area (Å²) in [5.74, 6) is 0.380. The van der Waals surface area contributed by atoms with Crippen LogP contribution in [0.15, 0.2) is 0 Å². The molecule has 98 valence electrons. The molecule has 0 aromatic carbocycles. The summed E-state index contributed by atoms with van der Waals surface area (Å²) in [5.41, 5.74) is 0. The van der Waals surface area contributed by atoms with Gasteiger partial charge in [-0.05, 0) is 12.3 Å². The molecule has 1 N–H and O–H groups in total. The van der Waals surface area contributed by atoms with Crippen LogP contribution >= 0.6 is 0 Å². The Morgan fingerprint density at radius 1 is 1.29 bits per heavy atom. The normalized spacial score (nSPS) is 24.1. The molecule has 0 saturated carbocycles. The molecule has 2 amide bonds. The van der Waals surface area contributed by atoms with Crippen molar-refractivity contribution in [3.63, 3.8) is 0 Å². The van der Waals surface area contributed by atoms with Crippen LogP contribution in [0.5, 0.6) is 0 Å². The van der Waals surface area contributed by atoms with E-state index in [-0.39, 0.29) is 12.1 Å². The monoisotopic (exact) mass is 244 g/mol. The fourth-order valence-corrected chi connectivity index (χ4v) is 2.11. The topological polar surface area (TPSA) is 67.9 Å². The van der Waals surface area contributed by atoms with Gasteiger partial charge < -0.3 is 19.7 Å². The molecule has 1 saturated heterocycles. The Hall–Kier alpha value is -1.46. The van der Waals surface area contributed by atoms with Crippen molar-refractivity contribution >= 4 is 12.2 Å². The van der Waals surface area contributed by atoms with Gasteiger partial charge in [0.1, 0.15) is 0 Å². The number of rotatable bonds is 2. The van der Waals surface area contributed by atoms with Crippen molar-refractivity contribution in [1.29, 1.82) is 0 Å². The molecule has 1 fully saturated rings. The van der Waals surface area contributed by atoms with Crippen LogP contribution in [-0.4, -0.2) is 50.4 Å². The van der Waals surface area contributed by atoms with Gasteiger partial charge in [0.2, 0.25) is 0 Å². The van der Waals surface area contributed by atoms with Gasteiger partial charge in [-0.2, -0.15) is 0 Å². The average Bonchev–Trinajstić information content (AvgIpc) is 2.36. The molecule has 0 radical (unpaired) electrons. The number of nitrogens with zero attached hydrogens (tertiary/aromatic N) is 1. The summed E-state index contributed by atoms with van der Waals surface area (Å²) in [7, 11) is 2.69. The van der Waals surface area contributed by atoms with E-state index in [2.05, 4.69) is 17.0 Å². The van der Waals surface area contributed by atoms with E-state index in [4.69, 9.17) is 4.74 Å². The van der Waals surface area contributed by atoms with E-state index in [1.54, 1.807) is 4.90 Å². The number of likely N-dealkylation sites (tertiary alicyclic amines) is 1. The van der Waals surface area contributed by atoms with Gasteiger partial charge in [0.15, 0.2) is 0 Å². The van der Waals surface area contributed by atoms with E-state index in [1.165, 1.54) is 14.2 Å². The lowest BCUT2D eigenvalue weighted by molar-refractivity contribution is 0.0875. The van der Waals surface area contributed by atoms with Gasteiger partial charge >= 0.3 is 12.2 Å². The van der Waals surface area contributed by atoms with Crippen molar-refractivity contribution in [3.8, 4) is 0 Å². The highest BCUT2D eigenvalue weighted by atomic mass is 16.5. The lowest BCUT2D eigenvalue weighted by Gasteiger charge is -2.36. The summed E-state index contributed by atoms with van der Waals surface area (Å²) in [6, 6.07) is -0.0692. The first-order valence-corrected chi connectivity index (χ1v) is 5.78. The smallest absolute Gasteiger partial charge is 0.409 e. The highest BCUT2D eigenvalue weighted by Crippen LogP contribution is 2.20. The van der Waals surface area contributed by atoms with E-state index in [9.17, 15) is 9.59 Å². The molecule has 0 bridgehead atoms. The zero-order chi connectivity index (χ0) is 12.8. The summed E-state index contributed by atoms with van der Waals surface area (Å²) in [6.45, 7) is 3.22. The average molecular weight is 244 g/mol. The summed E-state index contributed by atoms with van der Waals surface area (Å²) in [5, 5.41) is 2.73. The van der Waals surface area contributed by atoms with Crippen LogP contribution in [0.2, 0.25) is 0 Å². The third-order valence-electron chi connectivity index (χ3n) is 3.05. The van der Waals surface area contributed by atoms with Crippen LogP contribution in [-0.2, 0) is 9.47 Å². The van der Waals surface area contributed by atoms with Crippen molar-refractivity contribution in [3.05, 3.63) is 0 Å². The molecule has 2 atom stereocenters. The van der Waals surface area contributed by atoms with Gasteiger partial charge in [-0.3, -0.25) is 0 Å². The fraction of sp³-hybridized carbons (Fsp3) is 0.818. The first kappa shape index (κ1) is 13.6. The summed E-state index contributed by atoms with van der Waals surface area (Å²) in [6.07, 6.45) is 1.02.